The van der Waals surface area contributed by atoms with Crippen molar-refractivity contribution < 1.29 is 9.53 Å². The van der Waals surface area contributed by atoms with Gasteiger partial charge in [-0.2, -0.15) is 0 Å². The molecule has 0 radical (unpaired) electrons. The summed E-state index contributed by atoms with van der Waals surface area (Å²) in [4.78, 5) is 16.0. The molecule has 1 aromatic heterocycles. The number of carbonyl (C=O) groups is 1. The van der Waals surface area contributed by atoms with Gasteiger partial charge < -0.3 is 15.8 Å². The topological polar surface area (TPSA) is 77.2 Å². The van der Waals surface area contributed by atoms with Gasteiger partial charge in [0.05, 0.1) is 17.7 Å². The summed E-state index contributed by atoms with van der Waals surface area (Å²) >= 11 is 0. The third-order valence-electron chi connectivity index (χ3n) is 3.90. The Morgan fingerprint density at radius 1 is 1.43 bits per heavy atom. The van der Waals surface area contributed by atoms with Gasteiger partial charge in [-0.05, 0) is 37.9 Å². The lowest BCUT2D eigenvalue weighted by Crippen LogP contribution is -2.14. The zero-order chi connectivity index (χ0) is 14.7. The number of fused-ring (bicyclic) bond motifs is 1. The summed E-state index contributed by atoms with van der Waals surface area (Å²) in [7, 11) is 0. The molecule has 1 aliphatic rings. The molecule has 1 atom stereocenters. The first kappa shape index (κ1) is 13.8. The fourth-order valence-electron chi connectivity index (χ4n) is 2.72. The smallest absolute Gasteiger partial charge is 0.249 e. The number of nitrogens with one attached hydrogen (secondary N) is 1. The second-order valence-corrected chi connectivity index (χ2v) is 5.39. The Hall–Kier alpha value is -2.14. The maximum absolute atomic E-state index is 11.6. The second-order valence-electron chi connectivity index (χ2n) is 5.39. The van der Waals surface area contributed by atoms with Crippen molar-refractivity contribution >= 4 is 16.8 Å². The average Bonchev–Trinajstić information content (AvgIpc) is 2.99. The van der Waals surface area contributed by atoms with Gasteiger partial charge in [0.2, 0.25) is 11.8 Å². The van der Waals surface area contributed by atoms with Crippen LogP contribution in [0.15, 0.2) is 30.3 Å². The van der Waals surface area contributed by atoms with Crippen molar-refractivity contribution in [2.75, 3.05) is 19.7 Å². The quantitative estimate of drug-likeness (QED) is 0.876. The average molecular weight is 285 g/mol. The third-order valence-corrected chi connectivity index (χ3v) is 3.90. The standard InChI is InChI=1S/C16H19N3O2/c17-16(20)13-9-15(19-14-4-2-1-3-12(13)14)21-8-6-11-5-7-18-10-11/h1-4,9,11,18H,5-8,10H2,(H2,17,20). The van der Waals surface area contributed by atoms with Crippen LogP contribution in [0.3, 0.4) is 0 Å². The second kappa shape index (κ2) is 6.10. The van der Waals surface area contributed by atoms with Crippen LogP contribution in [-0.4, -0.2) is 30.6 Å². The molecule has 1 aromatic carbocycles. The minimum atomic E-state index is -0.460. The Bertz CT molecular complexity index is 651. The van der Waals surface area contributed by atoms with E-state index >= 15 is 0 Å². The van der Waals surface area contributed by atoms with Crippen LogP contribution in [-0.2, 0) is 0 Å². The molecule has 0 aliphatic carbocycles. The van der Waals surface area contributed by atoms with Crippen molar-refractivity contribution in [3.8, 4) is 5.88 Å². The lowest BCUT2D eigenvalue weighted by atomic mass is 10.1. The fourth-order valence-corrected chi connectivity index (χ4v) is 2.72. The van der Waals surface area contributed by atoms with E-state index in [4.69, 9.17) is 10.5 Å². The molecule has 1 amide bonds. The Morgan fingerprint density at radius 2 is 2.29 bits per heavy atom. The zero-order valence-corrected chi connectivity index (χ0v) is 11.8. The molecule has 3 rings (SSSR count). The summed E-state index contributed by atoms with van der Waals surface area (Å²) in [5.41, 5.74) is 6.63. The molecule has 1 saturated heterocycles. The number of benzene rings is 1. The fraction of sp³-hybridized carbons (Fsp3) is 0.375. The highest BCUT2D eigenvalue weighted by Gasteiger charge is 2.15. The van der Waals surface area contributed by atoms with E-state index < -0.39 is 5.91 Å². The predicted octanol–water partition coefficient (Wildman–Crippen LogP) is 1.71. The highest BCUT2D eigenvalue weighted by Crippen LogP contribution is 2.22. The molecule has 2 heterocycles. The molecule has 1 unspecified atom stereocenters. The molecular formula is C16H19N3O2. The third kappa shape index (κ3) is 3.13. The van der Waals surface area contributed by atoms with Gasteiger partial charge in [0.25, 0.3) is 0 Å². The van der Waals surface area contributed by atoms with Crippen LogP contribution in [0.5, 0.6) is 5.88 Å². The molecule has 0 bridgehead atoms. The first-order chi connectivity index (χ1) is 10.2. The molecule has 5 heteroatoms. The highest BCUT2D eigenvalue weighted by molar-refractivity contribution is 6.05. The van der Waals surface area contributed by atoms with Gasteiger partial charge >= 0.3 is 0 Å². The van der Waals surface area contributed by atoms with Crippen molar-refractivity contribution in [3.63, 3.8) is 0 Å². The van der Waals surface area contributed by atoms with Gasteiger partial charge in [-0.3, -0.25) is 4.79 Å². The number of ether oxygens (including phenoxy) is 1. The van der Waals surface area contributed by atoms with Gasteiger partial charge in [-0.25, -0.2) is 4.98 Å². The molecule has 0 spiro atoms. The number of nitrogens with zero attached hydrogens (tertiary/aromatic N) is 1. The van der Waals surface area contributed by atoms with E-state index in [0.29, 0.717) is 24.0 Å². The number of pyridine rings is 1. The Morgan fingerprint density at radius 3 is 3.05 bits per heavy atom. The number of para-hydroxylation sites is 1. The number of hydrogen-bond donors (Lipinski definition) is 2. The molecule has 5 nitrogen and oxygen atoms in total. The number of nitrogens with two attached hydrogens (primary N) is 1. The van der Waals surface area contributed by atoms with Gasteiger partial charge in [-0.1, -0.05) is 18.2 Å². The van der Waals surface area contributed by atoms with Crippen molar-refractivity contribution in [2.24, 2.45) is 11.7 Å². The van der Waals surface area contributed by atoms with Crippen LogP contribution < -0.4 is 15.8 Å². The van der Waals surface area contributed by atoms with Gasteiger partial charge in [0.15, 0.2) is 0 Å². The summed E-state index contributed by atoms with van der Waals surface area (Å²) in [6, 6.07) is 9.08. The van der Waals surface area contributed by atoms with Crippen LogP contribution in [0, 0.1) is 5.92 Å². The predicted molar refractivity (Wildman–Crippen MR) is 81.3 cm³/mol. The van der Waals surface area contributed by atoms with Crippen molar-refractivity contribution in [2.45, 2.75) is 12.8 Å². The normalized spacial score (nSPS) is 18.0. The van der Waals surface area contributed by atoms with Crippen LogP contribution >= 0.6 is 0 Å². The van der Waals surface area contributed by atoms with E-state index in [1.165, 1.54) is 6.42 Å². The van der Waals surface area contributed by atoms with Crippen LogP contribution in [0.1, 0.15) is 23.2 Å². The SMILES string of the molecule is NC(=O)c1cc(OCCC2CCNC2)nc2ccccc12. The van der Waals surface area contributed by atoms with E-state index in [1.54, 1.807) is 6.07 Å². The van der Waals surface area contributed by atoms with Gasteiger partial charge in [0, 0.05) is 11.5 Å². The first-order valence-corrected chi connectivity index (χ1v) is 7.27. The number of carbonyl (C=O) groups excluding carboxylic acids is 1. The Kier molecular flexibility index (Phi) is 4.01. The van der Waals surface area contributed by atoms with Crippen molar-refractivity contribution in [3.05, 3.63) is 35.9 Å². The molecule has 1 aliphatic heterocycles. The maximum atomic E-state index is 11.6. The van der Waals surface area contributed by atoms with E-state index in [9.17, 15) is 4.79 Å². The number of amides is 1. The zero-order valence-electron chi connectivity index (χ0n) is 11.8. The van der Waals surface area contributed by atoms with Crippen LogP contribution in [0.2, 0.25) is 0 Å². The molecule has 21 heavy (non-hydrogen) atoms. The monoisotopic (exact) mass is 285 g/mol. The highest BCUT2D eigenvalue weighted by atomic mass is 16.5. The number of aromatic nitrogens is 1. The first-order valence-electron chi connectivity index (χ1n) is 7.27. The molecular weight excluding hydrogens is 266 g/mol. The Labute approximate surface area is 123 Å². The largest absolute Gasteiger partial charge is 0.478 e. The van der Waals surface area contributed by atoms with E-state index in [-0.39, 0.29) is 0 Å². The number of hydrogen-bond acceptors (Lipinski definition) is 4. The van der Waals surface area contributed by atoms with Gasteiger partial charge in [0.1, 0.15) is 0 Å². The minimum absolute atomic E-state index is 0.457. The van der Waals surface area contributed by atoms with Gasteiger partial charge in [-0.15, -0.1) is 0 Å². The lowest BCUT2D eigenvalue weighted by molar-refractivity contribution is 0.100. The molecule has 1 fully saturated rings. The summed E-state index contributed by atoms with van der Waals surface area (Å²) < 4.78 is 5.72. The van der Waals surface area contributed by atoms with E-state index in [0.717, 1.165) is 30.4 Å². The molecule has 3 N–H and O–H groups in total. The summed E-state index contributed by atoms with van der Waals surface area (Å²) in [6.07, 6.45) is 2.19. The minimum Gasteiger partial charge on any atom is -0.478 e. The molecule has 0 saturated carbocycles. The summed E-state index contributed by atoms with van der Waals surface area (Å²) in [5.74, 6) is 0.674. The van der Waals surface area contributed by atoms with Crippen LogP contribution in [0.25, 0.3) is 10.9 Å². The van der Waals surface area contributed by atoms with E-state index in [2.05, 4.69) is 10.3 Å². The van der Waals surface area contributed by atoms with Crippen molar-refractivity contribution in [1.29, 1.82) is 0 Å². The van der Waals surface area contributed by atoms with Crippen molar-refractivity contribution in [1.82, 2.24) is 10.3 Å². The summed E-state index contributed by atoms with van der Waals surface area (Å²) in [5, 5.41) is 4.10. The summed E-state index contributed by atoms with van der Waals surface area (Å²) in [6.45, 7) is 2.75. The van der Waals surface area contributed by atoms with Crippen LogP contribution in [0.4, 0.5) is 0 Å². The molecule has 2 aromatic rings. The number of rotatable bonds is 5. The lowest BCUT2D eigenvalue weighted by Gasteiger charge is -2.11. The molecule has 110 valence electrons. The van der Waals surface area contributed by atoms with E-state index in [1.807, 2.05) is 24.3 Å². The Balaban J connectivity index is 1.76. The number of primary amides is 1. The maximum Gasteiger partial charge on any atom is 0.249 e.